The predicted molar refractivity (Wildman–Crippen MR) is 102 cm³/mol. The number of hydrogen-bond donors (Lipinski definition) is 1. The van der Waals surface area contributed by atoms with Gasteiger partial charge in [0.15, 0.2) is 17.5 Å². The molecule has 0 atom stereocenters. The van der Waals surface area contributed by atoms with Crippen LogP contribution >= 0.6 is 0 Å². The van der Waals surface area contributed by atoms with E-state index < -0.39 is 0 Å². The predicted octanol–water partition coefficient (Wildman–Crippen LogP) is 4.29. The minimum absolute atomic E-state index is 0.0253. The molecule has 1 aliphatic carbocycles. The molecule has 0 saturated carbocycles. The van der Waals surface area contributed by atoms with Gasteiger partial charge < -0.3 is 9.52 Å². The summed E-state index contributed by atoms with van der Waals surface area (Å²) in [6, 6.07) is 14.1. The molecule has 4 rings (SSSR count). The Labute approximate surface area is 153 Å². The third-order valence-corrected chi connectivity index (χ3v) is 4.53. The van der Waals surface area contributed by atoms with E-state index in [0.717, 1.165) is 0 Å². The zero-order valence-corrected chi connectivity index (χ0v) is 14.4. The Bertz CT molecular complexity index is 1250. The van der Waals surface area contributed by atoms with Crippen molar-refractivity contribution < 1.29 is 19.1 Å². The van der Waals surface area contributed by atoms with E-state index in [1.54, 1.807) is 30.3 Å². The first kappa shape index (κ1) is 16.7. The molecule has 0 saturated heterocycles. The average molecular weight is 358 g/mol. The molecular formula is C22H14O5. The van der Waals surface area contributed by atoms with Crippen LogP contribution in [0.1, 0.15) is 27.6 Å². The van der Waals surface area contributed by atoms with Crippen LogP contribution in [0.15, 0.2) is 63.8 Å². The maximum atomic E-state index is 11.8. The molecule has 0 amide bonds. The number of aldehydes is 1. The molecule has 0 aromatic heterocycles. The highest BCUT2D eigenvalue weighted by atomic mass is 16.3. The number of Topliss-reactive ketones (excluding diaryl/α,β-unsaturated/α-hetero) is 1. The molecular weight excluding hydrogens is 344 g/mol. The van der Waals surface area contributed by atoms with Gasteiger partial charge in [0.25, 0.3) is 0 Å². The van der Waals surface area contributed by atoms with Crippen LogP contribution in [-0.2, 0) is 0 Å². The van der Waals surface area contributed by atoms with Crippen molar-refractivity contribution in [1.82, 2.24) is 0 Å². The number of aromatic hydroxyl groups is 1. The van der Waals surface area contributed by atoms with Gasteiger partial charge in [0, 0.05) is 39.8 Å². The van der Waals surface area contributed by atoms with Crippen LogP contribution < -0.4 is 5.43 Å². The maximum Gasteiger partial charge on any atom is 0.182 e. The largest absolute Gasteiger partial charge is 0.508 e. The summed E-state index contributed by atoms with van der Waals surface area (Å²) in [5, 5.41) is 10.5. The lowest BCUT2D eigenvalue weighted by Gasteiger charge is -2.16. The quantitative estimate of drug-likeness (QED) is 0.336. The van der Waals surface area contributed by atoms with Crippen molar-refractivity contribution in [2.45, 2.75) is 6.92 Å². The van der Waals surface area contributed by atoms with Gasteiger partial charge in [-0.1, -0.05) is 12.1 Å². The number of hydrogen-bond acceptors (Lipinski definition) is 5. The standard InChI is InChI=1S/C22H14O5/c1-12(24)13-2-5-17(14(8-13)11-23)22-18-6-3-15(25)9-20(18)27-21-10-16(26)4-7-19(21)22/h2-11,25H,1H3. The van der Waals surface area contributed by atoms with Gasteiger partial charge in [-0.05, 0) is 42.8 Å². The Morgan fingerprint density at radius 1 is 1.00 bits per heavy atom. The minimum atomic E-state index is -0.209. The fraction of sp³-hybridized carbons (Fsp3) is 0.0455. The second kappa shape index (κ2) is 6.21. The van der Waals surface area contributed by atoms with Crippen molar-refractivity contribution >= 4 is 23.0 Å². The molecule has 2 aromatic rings. The van der Waals surface area contributed by atoms with Gasteiger partial charge >= 0.3 is 0 Å². The number of rotatable bonds is 3. The van der Waals surface area contributed by atoms with Crippen LogP contribution in [0.5, 0.6) is 5.75 Å². The van der Waals surface area contributed by atoms with Gasteiger partial charge in [0.2, 0.25) is 0 Å². The monoisotopic (exact) mass is 358 g/mol. The fourth-order valence-corrected chi connectivity index (χ4v) is 3.26. The van der Waals surface area contributed by atoms with Crippen LogP contribution in [-0.4, -0.2) is 17.2 Å². The summed E-state index contributed by atoms with van der Waals surface area (Å²) >= 11 is 0. The highest BCUT2D eigenvalue weighted by molar-refractivity contribution is 6.07. The number of phenolic OH excluding ortho intramolecular Hbond substituents is 1. The first-order valence-corrected chi connectivity index (χ1v) is 8.28. The normalized spacial score (nSPS) is 11.0. The van der Waals surface area contributed by atoms with Gasteiger partial charge in [0.1, 0.15) is 17.1 Å². The molecule has 132 valence electrons. The van der Waals surface area contributed by atoms with E-state index in [1.807, 2.05) is 0 Å². The van der Waals surface area contributed by atoms with Gasteiger partial charge in [0.05, 0.1) is 0 Å². The van der Waals surface area contributed by atoms with Crippen LogP contribution in [0.25, 0.3) is 33.4 Å². The minimum Gasteiger partial charge on any atom is -0.508 e. The molecule has 2 aromatic carbocycles. The number of carbonyl (C=O) groups excluding carboxylic acids is 2. The third-order valence-electron chi connectivity index (χ3n) is 4.53. The molecule has 1 aliphatic heterocycles. The van der Waals surface area contributed by atoms with Crippen molar-refractivity contribution in [2.75, 3.05) is 0 Å². The lowest BCUT2D eigenvalue weighted by molar-refractivity contribution is 0.101. The van der Waals surface area contributed by atoms with Gasteiger partial charge in [-0.15, -0.1) is 0 Å². The molecule has 0 unspecified atom stereocenters. The van der Waals surface area contributed by atoms with Gasteiger partial charge in [-0.3, -0.25) is 14.4 Å². The average Bonchev–Trinajstić information content (AvgIpc) is 2.65. The van der Waals surface area contributed by atoms with E-state index in [9.17, 15) is 19.5 Å². The first-order chi connectivity index (χ1) is 13.0. The SMILES string of the molecule is CC(=O)c1ccc(-c2c3ccc(=O)cc-3oc3cc(O)ccc23)c(C=O)c1. The second-order valence-electron chi connectivity index (χ2n) is 6.29. The van der Waals surface area contributed by atoms with E-state index in [4.69, 9.17) is 4.42 Å². The maximum absolute atomic E-state index is 11.8. The Balaban J connectivity index is 2.16. The van der Waals surface area contributed by atoms with Crippen LogP contribution in [0.4, 0.5) is 0 Å². The number of benzene rings is 3. The second-order valence-corrected chi connectivity index (χ2v) is 6.29. The van der Waals surface area contributed by atoms with E-state index in [-0.39, 0.29) is 17.0 Å². The topological polar surface area (TPSA) is 84.6 Å². The number of ketones is 1. The summed E-state index contributed by atoms with van der Waals surface area (Å²) in [6.45, 7) is 1.44. The van der Waals surface area contributed by atoms with Crippen molar-refractivity contribution in [3.05, 3.63) is 75.9 Å². The zero-order valence-electron chi connectivity index (χ0n) is 14.4. The molecule has 5 heteroatoms. The molecule has 27 heavy (non-hydrogen) atoms. The van der Waals surface area contributed by atoms with E-state index in [1.165, 1.54) is 31.2 Å². The van der Waals surface area contributed by atoms with Crippen molar-refractivity contribution in [3.8, 4) is 28.2 Å². The summed E-state index contributed by atoms with van der Waals surface area (Å²) < 4.78 is 5.80. The van der Waals surface area contributed by atoms with E-state index in [2.05, 4.69) is 0 Å². The summed E-state index contributed by atoms with van der Waals surface area (Å²) in [5.41, 5.74) is 2.94. The van der Waals surface area contributed by atoms with Crippen LogP contribution in [0.3, 0.4) is 0 Å². The van der Waals surface area contributed by atoms with Gasteiger partial charge in [-0.2, -0.15) is 0 Å². The van der Waals surface area contributed by atoms with Gasteiger partial charge in [-0.25, -0.2) is 0 Å². The number of phenols is 1. The lowest BCUT2D eigenvalue weighted by atomic mass is 9.90. The molecule has 1 N–H and O–H groups in total. The molecule has 0 bridgehead atoms. The fourth-order valence-electron chi connectivity index (χ4n) is 3.26. The third kappa shape index (κ3) is 2.79. The summed E-state index contributed by atoms with van der Waals surface area (Å²) in [4.78, 5) is 35.2. The van der Waals surface area contributed by atoms with Crippen LogP contribution in [0, 0.1) is 0 Å². The van der Waals surface area contributed by atoms with Crippen molar-refractivity contribution in [1.29, 1.82) is 0 Å². The molecule has 0 radical (unpaired) electrons. The summed E-state index contributed by atoms with van der Waals surface area (Å²) in [6.07, 6.45) is 0.700. The highest BCUT2D eigenvalue weighted by Crippen LogP contribution is 2.41. The molecule has 0 fully saturated rings. The number of fused-ring (bicyclic) bond motifs is 2. The van der Waals surface area contributed by atoms with E-state index in [0.29, 0.717) is 50.8 Å². The molecule has 1 heterocycles. The Morgan fingerprint density at radius 2 is 1.78 bits per heavy atom. The summed E-state index contributed by atoms with van der Waals surface area (Å²) in [5.74, 6) is 0.240. The van der Waals surface area contributed by atoms with Crippen molar-refractivity contribution in [3.63, 3.8) is 0 Å². The molecule has 0 spiro atoms. The number of carbonyl (C=O) groups is 2. The van der Waals surface area contributed by atoms with E-state index >= 15 is 0 Å². The molecule has 5 nitrogen and oxygen atoms in total. The Hall–Kier alpha value is -3.73. The first-order valence-electron chi connectivity index (χ1n) is 8.28. The highest BCUT2D eigenvalue weighted by Gasteiger charge is 2.20. The molecule has 2 aliphatic rings. The Morgan fingerprint density at radius 3 is 2.52 bits per heavy atom. The van der Waals surface area contributed by atoms with Crippen LogP contribution in [0.2, 0.25) is 0 Å². The summed E-state index contributed by atoms with van der Waals surface area (Å²) in [7, 11) is 0. The Kier molecular flexibility index (Phi) is 3.85. The smallest absolute Gasteiger partial charge is 0.182 e. The zero-order chi connectivity index (χ0) is 19.1. The van der Waals surface area contributed by atoms with Crippen molar-refractivity contribution in [2.24, 2.45) is 0 Å². The lowest BCUT2D eigenvalue weighted by Crippen LogP contribution is -2.01.